The van der Waals surface area contributed by atoms with Crippen molar-refractivity contribution in [2.45, 2.75) is 0 Å². The third-order valence-corrected chi connectivity index (χ3v) is 3.95. The smallest absolute Gasteiger partial charge is 0.159 e. The van der Waals surface area contributed by atoms with Crippen LogP contribution in [0.5, 0.6) is 11.5 Å². The number of ether oxygens (including phenoxy) is 1. The molecule has 0 aliphatic carbocycles. The highest BCUT2D eigenvalue weighted by atomic mass is 79.9. The molecule has 1 heterocycles. The van der Waals surface area contributed by atoms with Crippen LogP contribution < -0.4 is 4.74 Å². The Labute approximate surface area is 145 Å². The Morgan fingerprint density at radius 3 is 2.50 bits per heavy atom. The van der Waals surface area contributed by atoms with Crippen molar-refractivity contribution in [1.29, 1.82) is 5.26 Å². The molecule has 1 aromatic heterocycles. The van der Waals surface area contributed by atoms with Crippen LogP contribution in [0.15, 0.2) is 59.3 Å². The third-order valence-electron chi connectivity index (χ3n) is 3.26. The largest absolute Gasteiger partial charge is 0.456 e. The highest BCUT2D eigenvalue weighted by Crippen LogP contribution is 2.29. The maximum absolute atomic E-state index is 13.4. The molecule has 3 nitrogen and oxygen atoms in total. The molecule has 0 fully saturated rings. The number of halogens is 3. The number of aromatic nitrogens is 1. The van der Waals surface area contributed by atoms with Crippen LogP contribution >= 0.6 is 15.9 Å². The summed E-state index contributed by atoms with van der Waals surface area (Å²) in [6, 6.07) is 12.3. The molecule has 0 N–H and O–H groups in total. The fourth-order valence-corrected chi connectivity index (χ4v) is 2.43. The number of benzene rings is 2. The SMILES string of the molecule is N#Cc1cc(Oc2cncc(-c3ccc(F)c(F)c3)c2)ccc1Br. The first-order chi connectivity index (χ1) is 11.6. The summed E-state index contributed by atoms with van der Waals surface area (Å²) < 4.78 is 32.8. The molecular formula is C18H9BrF2N2O. The first kappa shape index (κ1) is 16.1. The van der Waals surface area contributed by atoms with Gasteiger partial charge in [-0.15, -0.1) is 0 Å². The molecule has 0 aliphatic heterocycles. The van der Waals surface area contributed by atoms with E-state index in [2.05, 4.69) is 27.0 Å². The molecule has 0 unspecified atom stereocenters. The quantitative estimate of drug-likeness (QED) is 0.600. The number of nitrogens with zero attached hydrogens (tertiary/aromatic N) is 2. The number of hydrogen-bond acceptors (Lipinski definition) is 3. The Balaban J connectivity index is 1.91. The van der Waals surface area contributed by atoms with Crippen molar-refractivity contribution in [2.75, 3.05) is 0 Å². The predicted octanol–water partition coefficient (Wildman–Crippen LogP) is 5.45. The van der Waals surface area contributed by atoms with Gasteiger partial charge in [-0.25, -0.2) is 8.78 Å². The fourth-order valence-electron chi connectivity index (χ4n) is 2.10. The van der Waals surface area contributed by atoms with Crippen LogP contribution in [-0.2, 0) is 0 Å². The summed E-state index contributed by atoms with van der Waals surface area (Å²) in [7, 11) is 0. The molecule has 0 aliphatic rings. The lowest BCUT2D eigenvalue weighted by atomic mass is 10.1. The maximum Gasteiger partial charge on any atom is 0.159 e. The van der Waals surface area contributed by atoms with Gasteiger partial charge in [-0.3, -0.25) is 4.98 Å². The van der Waals surface area contributed by atoms with Crippen LogP contribution in [0, 0.1) is 23.0 Å². The molecule has 24 heavy (non-hydrogen) atoms. The zero-order valence-corrected chi connectivity index (χ0v) is 13.7. The van der Waals surface area contributed by atoms with Crippen LogP contribution in [0.1, 0.15) is 5.56 Å². The summed E-state index contributed by atoms with van der Waals surface area (Å²) in [5.41, 5.74) is 1.52. The lowest BCUT2D eigenvalue weighted by Gasteiger charge is -2.08. The molecule has 0 radical (unpaired) electrons. The van der Waals surface area contributed by atoms with Crippen LogP contribution in [0.25, 0.3) is 11.1 Å². The van der Waals surface area contributed by atoms with Gasteiger partial charge in [0, 0.05) is 16.2 Å². The lowest BCUT2D eigenvalue weighted by Crippen LogP contribution is -1.90. The minimum atomic E-state index is -0.926. The summed E-state index contributed by atoms with van der Waals surface area (Å²) in [6.07, 6.45) is 3.03. The van der Waals surface area contributed by atoms with Crippen LogP contribution in [0.2, 0.25) is 0 Å². The van der Waals surface area contributed by atoms with Crippen molar-refractivity contribution in [3.05, 3.63) is 76.5 Å². The van der Waals surface area contributed by atoms with E-state index in [1.54, 1.807) is 24.3 Å². The maximum atomic E-state index is 13.4. The first-order valence-corrected chi connectivity index (χ1v) is 7.64. The highest BCUT2D eigenvalue weighted by molar-refractivity contribution is 9.10. The van der Waals surface area contributed by atoms with Crippen molar-refractivity contribution < 1.29 is 13.5 Å². The molecule has 6 heteroatoms. The van der Waals surface area contributed by atoms with Gasteiger partial charge < -0.3 is 4.74 Å². The van der Waals surface area contributed by atoms with E-state index in [9.17, 15) is 8.78 Å². The standard InChI is InChI=1S/C18H9BrF2N2O/c19-16-3-2-14(5-12(16)8-22)24-15-6-13(9-23-10-15)11-1-4-17(20)18(21)7-11/h1-7,9-10H. The van der Waals surface area contributed by atoms with Gasteiger partial charge in [-0.2, -0.15) is 5.26 Å². The second-order valence-corrected chi connectivity index (χ2v) is 5.75. The Hall–Kier alpha value is -2.78. The number of pyridine rings is 1. The molecule has 0 saturated carbocycles. The van der Waals surface area contributed by atoms with E-state index in [0.717, 1.165) is 12.1 Å². The van der Waals surface area contributed by atoms with Gasteiger partial charge in [0.15, 0.2) is 11.6 Å². The Kier molecular flexibility index (Phi) is 4.54. The van der Waals surface area contributed by atoms with Crippen molar-refractivity contribution in [3.8, 4) is 28.7 Å². The van der Waals surface area contributed by atoms with E-state index in [0.29, 0.717) is 32.7 Å². The average Bonchev–Trinajstić information content (AvgIpc) is 2.59. The van der Waals surface area contributed by atoms with Crippen molar-refractivity contribution in [1.82, 2.24) is 4.98 Å². The minimum absolute atomic E-state index is 0.420. The average molecular weight is 387 g/mol. The van der Waals surface area contributed by atoms with Crippen LogP contribution in [-0.4, -0.2) is 4.98 Å². The molecule has 0 saturated heterocycles. The number of nitriles is 1. The van der Waals surface area contributed by atoms with E-state index in [-0.39, 0.29) is 0 Å². The number of rotatable bonds is 3. The highest BCUT2D eigenvalue weighted by Gasteiger charge is 2.08. The van der Waals surface area contributed by atoms with Gasteiger partial charge in [-0.1, -0.05) is 6.07 Å². The topological polar surface area (TPSA) is 45.9 Å². The molecule has 0 atom stereocenters. The second kappa shape index (κ2) is 6.77. The van der Waals surface area contributed by atoms with Crippen molar-refractivity contribution >= 4 is 15.9 Å². The third kappa shape index (κ3) is 3.42. The first-order valence-electron chi connectivity index (χ1n) is 6.85. The van der Waals surface area contributed by atoms with E-state index in [1.165, 1.54) is 18.5 Å². The fraction of sp³-hybridized carbons (Fsp3) is 0. The molecule has 0 amide bonds. The molecule has 3 aromatic rings. The Bertz CT molecular complexity index is 954. The van der Waals surface area contributed by atoms with Gasteiger partial charge in [0.25, 0.3) is 0 Å². The lowest BCUT2D eigenvalue weighted by molar-refractivity contribution is 0.480. The molecule has 3 rings (SSSR count). The Morgan fingerprint density at radius 2 is 1.75 bits per heavy atom. The zero-order chi connectivity index (χ0) is 17.1. The van der Waals surface area contributed by atoms with Gasteiger partial charge in [-0.05, 0) is 57.9 Å². The summed E-state index contributed by atoms with van der Waals surface area (Å²) >= 11 is 3.27. The zero-order valence-electron chi connectivity index (χ0n) is 12.1. The molecule has 118 valence electrons. The minimum Gasteiger partial charge on any atom is -0.456 e. The second-order valence-electron chi connectivity index (χ2n) is 4.89. The van der Waals surface area contributed by atoms with Gasteiger partial charge >= 0.3 is 0 Å². The summed E-state index contributed by atoms with van der Waals surface area (Å²) in [5.74, 6) is -0.939. The van der Waals surface area contributed by atoms with E-state index >= 15 is 0 Å². The Morgan fingerprint density at radius 1 is 0.917 bits per heavy atom. The van der Waals surface area contributed by atoms with Gasteiger partial charge in [0.2, 0.25) is 0 Å². The number of hydrogen-bond donors (Lipinski definition) is 0. The molecule has 2 aromatic carbocycles. The van der Waals surface area contributed by atoms with Crippen molar-refractivity contribution in [2.24, 2.45) is 0 Å². The predicted molar refractivity (Wildman–Crippen MR) is 88.5 cm³/mol. The van der Waals surface area contributed by atoms with E-state index < -0.39 is 11.6 Å². The van der Waals surface area contributed by atoms with Crippen LogP contribution in [0.3, 0.4) is 0 Å². The monoisotopic (exact) mass is 386 g/mol. The normalized spacial score (nSPS) is 10.2. The summed E-state index contributed by atoms with van der Waals surface area (Å²) in [6.45, 7) is 0. The van der Waals surface area contributed by atoms with Crippen molar-refractivity contribution in [3.63, 3.8) is 0 Å². The summed E-state index contributed by atoms with van der Waals surface area (Å²) in [5, 5.41) is 9.04. The van der Waals surface area contributed by atoms with Crippen LogP contribution in [0.4, 0.5) is 8.78 Å². The molecule has 0 spiro atoms. The van der Waals surface area contributed by atoms with Gasteiger partial charge in [0.05, 0.1) is 11.8 Å². The molecule has 0 bridgehead atoms. The van der Waals surface area contributed by atoms with Gasteiger partial charge in [0.1, 0.15) is 17.6 Å². The summed E-state index contributed by atoms with van der Waals surface area (Å²) in [4.78, 5) is 4.05. The molecular weight excluding hydrogens is 378 g/mol. The van der Waals surface area contributed by atoms with E-state index in [1.807, 2.05) is 0 Å². The van der Waals surface area contributed by atoms with E-state index in [4.69, 9.17) is 10.00 Å².